The smallest absolute Gasteiger partial charge is 0.293 e. The molecule has 0 aliphatic carbocycles. The van der Waals surface area contributed by atoms with Crippen LogP contribution in [0.2, 0.25) is 0 Å². The molecule has 0 aromatic heterocycles. The largest absolute Gasteiger partial charge is 0.463 e. The van der Waals surface area contributed by atoms with Crippen LogP contribution in [0.15, 0.2) is 24.3 Å². The monoisotopic (exact) mass is 521 g/mol. The number of hydrogen-bond donors (Lipinski definition) is 2. The lowest BCUT2D eigenvalue weighted by atomic mass is 9.90. The summed E-state index contributed by atoms with van der Waals surface area (Å²) in [5, 5.41) is 5.54. The molecular formula is C26H39N3O6S. The number of ether oxygens (including phenoxy) is 1. The van der Waals surface area contributed by atoms with E-state index in [0.29, 0.717) is 37.8 Å². The van der Waals surface area contributed by atoms with E-state index in [-0.39, 0.29) is 54.5 Å². The maximum atomic E-state index is 12.7. The number of nitrogens with one attached hydrogen (secondary N) is 2. The predicted molar refractivity (Wildman–Crippen MR) is 141 cm³/mol. The van der Waals surface area contributed by atoms with Crippen molar-refractivity contribution in [3.8, 4) is 0 Å². The summed E-state index contributed by atoms with van der Waals surface area (Å²) in [6.07, 6.45) is 2.90. The second-order valence-corrected chi connectivity index (χ2v) is 10.5. The Morgan fingerprint density at radius 2 is 1.81 bits per heavy atom. The van der Waals surface area contributed by atoms with Crippen LogP contribution in [-0.4, -0.2) is 59.6 Å². The van der Waals surface area contributed by atoms with Gasteiger partial charge in [0.2, 0.25) is 24.1 Å². The zero-order chi connectivity index (χ0) is 26.9. The molecule has 0 spiro atoms. The third-order valence-electron chi connectivity index (χ3n) is 5.55. The number of anilines is 1. The standard InChI is InChI=1S/C26H39N3O6S/c1-5-13-36-20(4)14-25(33)29(17-30)12-6-7-23(19(2)3)26(34)27-15-24(32)28-22-10-8-21(9-11-22)16-35-18-31/h8-11,17-20,23H,5-7,12-16H2,1-4H3,(H,27,34)(H,28,32). The average Bonchev–Trinajstić information content (AvgIpc) is 2.85. The maximum Gasteiger partial charge on any atom is 0.293 e. The molecule has 0 aliphatic heterocycles. The Bertz CT molecular complexity index is 847. The van der Waals surface area contributed by atoms with Crippen molar-refractivity contribution >= 4 is 48.1 Å². The van der Waals surface area contributed by atoms with Gasteiger partial charge in [-0.05, 0) is 48.6 Å². The maximum absolute atomic E-state index is 12.7. The Labute approximate surface area is 218 Å². The summed E-state index contributed by atoms with van der Waals surface area (Å²) in [6, 6.07) is 6.82. The van der Waals surface area contributed by atoms with Crippen LogP contribution in [0.3, 0.4) is 0 Å². The molecule has 36 heavy (non-hydrogen) atoms. The minimum absolute atomic E-state index is 0.0278. The van der Waals surface area contributed by atoms with Crippen LogP contribution < -0.4 is 10.6 Å². The number of imide groups is 1. The summed E-state index contributed by atoms with van der Waals surface area (Å²) in [6.45, 7) is 8.53. The molecule has 1 aromatic carbocycles. The Hall–Kier alpha value is -2.88. The van der Waals surface area contributed by atoms with Gasteiger partial charge in [0.1, 0.15) is 6.61 Å². The average molecular weight is 522 g/mol. The van der Waals surface area contributed by atoms with Crippen molar-refractivity contribution in [3.63, 3.8) is 0 Å². The third kappa shape index (κ3) is 12.2. The van der Waals surface area contributed by atoms with E-state index in [1.54, 1.807) is 36.0 Å². The lowest BCUT2D eigenvalue weighted by Crippen LogP contribution is -2.39. The summed E-state index contributed by atoms with van der Waals surface area (Å²) in [4.78, 5) is 60.3. The van der Waals surface area contributed by atoms with Gasteiger partial charge in [0.25, 0.3) is 6.47 Å². The molecule has 9 nitrogen and oxygen atoms in total. The van der Waals surface area contributed by atoms with Gasteiger partial charge >= 0.3 is 0 Å². The van der Waals surface area contributed by atoms with Crippen molar-refractivity contribution in [2.24, 2.45) is 11.8 Å². The number of carbonyl (C=O) groups is 5. The van der Waals surface area contributed by atoms with Crippen LogP contribution in [0.4, 0.5) is 5.69 Å². The topological polar surface area (TPSA) is 122 Å². The first-order chi connectivity index (χ1) is 17.2. The highest BCUT2D eigenvalue weighted by atomic mass is 32.2. The van der Waals surface area contributed by atoms with E-state index in [4.69, 9.17) is 0 Å². The molecule has 0 heterocycles. The molecule has 0 fully saturated rings. The minimum Gasteiger partial charge on any atom is -0.463 e. The lowest BCUT2D eigenvalue weighted by molar-refractivity contribution is -0.138. The van der Waals surface area contributed by atoms with E-state index in [1.807, 2.05) is 20.8 Å². The molecule has 2 atom stereocenters. The number of benzene rings is 1. The normalized spacial score (nSPS) is 12.4. The third-order valence-corrected chi connectivity index (χ3v) is 6.93. The number of carbonyl (C=O) groups excluding carboxylic acids is 5. The van der Waals surface area contributed by atoms with Crippen LogP contribution in [0, 0.1) is 11.8 Å². The number of thioether (sulfide) groups is 1. The molecule has 0 aliphatic rings. The first kappa shape index (κ1) is 31.2. The van der Waals surface area contributed by atoms with E-state index in [0.717, 1.165) is 17.7 Å². The van der Waals surface area contributed by atoms with Gasteiger partial charge in [0.05, 0.1) is 6.54 Å². The summed E-state index contributed by atoms with van der Waals surface area (Å²) >= 11 is 1.72. The Balaban J connectivity index is 2.49. The molecule has 1 aromatic rings. The lowest BCUT2D eigenvalue weighted by Gasteiger charge is -2.22. The molecule has 0 radical (unpaired) electrons. The zero-order valence-corrected chi connectivity index (χ0v) is 22.5. The van der Waals surface area contributed by atoms with E-state index < -0.39 is 0 Å². The van der Waals surface area contributed by atoms with Crippen LogP contribution in [0.25, 0.3) is 0 Å². The fourth-order valence-corrected chi connectivity index (χ4v) is 4.44. The van der Waals surface area contributed by atoms with Crippen molar-refractivity contribution in [1.29, 1.82) is 0 Å². The number of rotatable bonds is 18. The first-order valence-corrected chi connectivity index (χ1v) is 13.3. The van der Waals surface area contributed by atoms with E-state index in [2.05, 4.69) is 22.3 Å². The van der Waals surface area contributed by atoms with Gasteiger partial charge < -0.3 is 15.4 Å². The van der Waals surface area contributed by atoms with Crippen molar-refractivity contribution in [1.82, 2.24) is 10.2 Å². The molecule has 0 saturated carbocycles. The molecular weight excluding hydrogens is 482 g/mol. The molecule has 0 bridgehead atoms. The molecule has 2 N–H and O–H groups in total. The van der Waals surface area contributed by atoms with Crippen LogP contribution >= 0.6 is 11.8 Å². The summed E-state index contributed by atoms with van der Waals surface area (Å²) in [7, 11) is 0. The highest BCUT2D eigenvalue weighted by Crippen LogP contribution is 2.19. The molecule has 0 saturated heterocycles. The van der Waals surface area contributed by atoms with Gasteiger partial charge in [0.15, 0.2) is 0 Å². The Kier molecular flexibility index (Phi) is 15.2. The first-order valence-electron chi connectivity index (χ1n) is 12.3. The quantitative estimate of drug-likeness (QED) is 0.284. The Morgan fingerprint density at radius 1 is 1.11 bits per heavy atom. The molecule has 4 amide bonds. The van der Waals surface area contributed by atoms with Gasteiger partial charge in [0, 0.05) is 29.8 Å². The summed E-state index contributed by atoms with van der Waals surface area (Å²) in [5.41, 5.74) is 1.35. The van der Waals surface area contributed by atoms with Gasteiger partial charge in [-0.1, -0.05) is 39.8 Å². The van der Waals surface area contributed by atoms with Gasteiger partial charge in [-0.25, -0.2) is 0 Å². The highest BCUT2D eigenvalue weighted by molar-refractivity contribution is 7.99. The van der Waals surface area contributed by atoms with E-state index in [1.165, 1.54) is 4.90 Å². The second kappa shape index (κ2) is 17.5. The van der Waals surface area contributed by atoms with Crippen LogP contribution in [0.1, 0.15) is 58.9 Å². The van der Waals surface area contributed by atoms with Crippen molar-refractivity contribution in [2.45, 2.75) is 65.2 Å². The number of amides is 4. The molecule has 200 valence electrons. The Morgan fingerprint density at radius 3 is 2.39 bits per heavy atom. The highest BCUT2D eigenvalue weighted by Gasteiger charge is 2.23. The number of nitrogens with zero attached hydrogens (tertiary/aromatic N) is 1. The minimum atomic E-state index is -0.365. The fourth-order valence-electron chi connectivity index (χ4n) is 3.54. The molecule has 2 unspecified atom stereocenters. The van der Waals surface area contributed by atoms with Crippen molar-refractivity contribution < 1.29 is 28.7 Å². The summed E-state index contributed by atoms with van der Waals surface area (Å²) in [5.74, 6) is -0.154. The fraction of sp³-hybridized carbons (Fsp3) is 0.577. The van der Waals surface area contributed by atoms with Crippen molar-refractivity contribution in [2.75, 3.05) is 24.2 Å². The van der Waals surface area contributed by atoms with Crippen LogP contribution in [0.5, 0.6) is 0 Å². The van der Waals surface area contributed by atoms with Gasteiger partial charge in [-0.15, -0.1) is 0 Å². The summed E-state index contributed by atoms with van der Waals surface area (Å²) < 4.78 is 4.68. The zero-order valence-electron chi connectivity index (χ0n) is 21.7. The second-order valence-electron chi connectivity index (χ2n) is 8.94. The van der Waals surface area contributed by atoms with Crippen LogP contribution in [-0.2, 0) is 35.3 Å². The van der Waals surface area contributed by atoms with E-state index >= 15 is 0 Å². The predicted octanol–water partition coefficient (Wildman–Crippen LogP) is 3.37. The van der Waals surface area contributed by atoms with Gasteiger partial charge in [-0.3, -0.25) is 28.9 Å². The van der Waals surface area contributed by atoms with E-state index in [9.17, 15) is 24.0 Å². The van der Waals surface area contributed by atoms with Gasteiger partial charge in [-0.2, -0.15) is 11.8 Å². The van der Waals surface area contributed by atoms with Crippen molar-refractivity contribution in [3.05, 3.63) is 29.8 Å². The SMILES string of the molecule is CCCSC(C)CC(=O)N(C=O)CCCC(C(=O)NCC(=O)Nc1ccc(COC=O)cc1)C(C)C. The number of hydrogen-bond acceptors (Lipinski definition) is 7. The molecule has 1 rings (SSSR count). The molecule has 10 heteroatoms.